The number of nitrogens with zero attached hydrogens (tertiary/aromatic N) is 1. The molecule has 0 fully saturated rings. The molecular weight excluding hydrogens is 571 g/mol. The normalized spacial score (nSPS) is 14.1. The van der Waals surface area contributed by atoms with Crippen LogP contribution in [-0.4, -0.2) is 34.0 Å². The Morgan fingerprint density at radius 1 is 0.907 bits per heavy atom. The number of benzene rings is 4. The van der Waals surface area contributed by atoms with Crippen LogP contribution in [0.4, 0.5) is 15.8 Å². The summed E-state index contributed by atoms with van der Waals surface area (Å²) in [6.07, 6.45) is 0. The van der Waals surface area contributed by atoms with Gasteiger partial charge in [0.15, 0.2) is 0 Å². The van der Waals surface area contributed by atoms with Crippen molar-refractivity contribution in [2.24, 2.45) is 0 Å². The zero-order valence-corrected chi connectivity index (χ0v) is 25.6. The number of likely N-dealkylation sites (N-methyl/N-ethyl adjacent to an activating group) is 1. The maximum Gasteiger partial charge on any atom is 0.339 e. The number of anilines is 2. The third-order valence-corrected chi connectivity index (χ3v) is 8.67. The second-order valence-electron chi connectivity index (χ2n) is 11.0. The van der Waals surface area contributed by atoms with E-state index in [1.54, 1.807) is 56.1 Å². The average Bonchev–Trinajstić information content (AvgIpc) is 2.96. The summed E-state index contributed by atoms with van der Waals surface area (Å²) in [5.41, 5.74) is 4.14. The molecule has 0 saturated carbocycles. The molecule has 1 heterocycles. The van der Waals surface area contributed by atoms with Gasteiger partial charge in [0, 0.05) is 30.3 Å². The van der Waals surface area contributed by atoms with E-state index in [1.165, 1.54) is 37.4 Å². The lowest BCUT2D eigenvalue weighted by atomic mass is 9.91. The maximum atomic E-state index is 14.1. The molecule has 0 aliphatic carbocycles. The first-order valence-corrected chi connectivity index (χ1v) is 15.0. The van der Waals surface area contributed by atoms with Crippen molar-refractivity contribution in [2.75, 3.05) is 24.4 Å². The van der Waals surface area contributed by atoms with E-state index < -0.39 is 21.5 Å². The summed E-state index contributed by atoms with van der Waals surface area (Å²) < 4.78 is 57.2. The molecule has 0 atom stereocenters. The number of nitrogens with one attached hydrogen (secondary N) is 1. The summed E-state index contributed by atoms with van der Waals surface area (Å²) in [5, 5.41) is 3.31. The van der Waals surface area contributed by atoms with Gasteiger partial charge in [0.05, 0.1) is 18.5 Å². The first-order chi connectivity index (χ1) is 20.3. The highest BCUT2D eigenvalue weighted by Crippen LogP contribution is 2.45. The summed E-state index contributed by atoms with van der Waals surface area (Å²) in [7, 11) is -0.906. The molecule has 4 aromatic rings. The van der Waals surface area contributed by atoms with Crippen molar-refractivity contribution in [2.45, 2.75) is 44.7 Å². The minimum atomic E-state index is -4.08. The fourth-order valence-electron chi connectivity index (χ4n) is 5.13. The predicted molar refractivity (Wildman–Crippen MR) is 164 cm³/mol. The monoisotopic (exact) mass is 604 g/mol. The molecular formula is C33H33FN2O6S. The molecule has 0 saturated heterocycles. The van der Waals surface area contributed by atoms with Crippen LogP contribution in [0.15, 0.2) is 77.7 Å². The van der Waals surface area contributed by atoms with Gasteiger partial charge in [-0.05, 0) is 75.2 Å². The Morgan fingerprint density at radius 2 is 1.60 bits per heavy atom. The van der Waals surface area contributed by atoms with E-state index in [0.717, 1.165) is 16.8 Å². The van der Waals surface area contributed by atoms with Crippen LogP contribution >= 0.6 is 0 Å². The fraction of sp³-hybridized carbons (Fsp3) is 0.242. The van der Waals surface area contributed by atoms with Gasteiger partial charge in [-0.1, -0.05) is 29.8 Å². The predicted octanol–water partition coefficient (Wildman–Crippen LogP) is 6.63. The Bertz CT molecular complexity index is 1820. The number of aryl methyl sites for hydroxylation is 2. The molecule has 0 radical (unpaired) electrons. The number of amides is 1. The molecule has 10 heteroatoms. The number of fused-ring (bicyclic) bond motifs is 1. The minimum absolute atomic E-state index is 0.00569. The highest BCUT2D eigenvalue weighted by molar-refractivity contribution is 7.87. The number of methoxy groups -OCH3 is 1. The van der Waals surface area contributed by atoms with Crippen LogP contribution in [0.25, 0.3) is 11.1 Å². The van der Waals surface area contributed by atoms with E-state index in [-0.39, 0.29) is 23.2 Å². The number of hydrogen-bond acceptors (Lipinski definition) is 7. The summed E-state index contributed by atoms with van der Waals surface area (Å²) in [6, 6.07) is 19.2. The molecule has 1 aliphatic rings. The van der Waals surface area contributed by atoms with Gasteiger partial charge in [-0.25, -0.2) is 4.39 Å². The minimum Gasteiger partial charge on any atom is -0.496 e. The summed E-state index contributed by atoms with van der Waals surface area (Å²) in [5.74, 6) is 0.223. The van der Waals surface area contributed by atoms with Crippen LogP contribution in [0.2, 0.25) is 0 Å². The van der Waals surface area contributed by atoms with Crippen molar-refractivity contribution in [3.8, 4) is 28.4 Å². The van der Waals surface area contributed by atoms with Crippen LogP contribution < -0.4 is 23.9 Å². The van der Waals surface area contributed by atoms with Gasteiger partial charge in [-0.15, -0.1) is 0 Å². The van der Waals surface area contributed by atoms with Crippen LogP contribution in [-0.2, 0) is 21.5 Å². The van der Waals surface area contributed by atoms with Crippen molar-refractivity contribution in [3.63, 3.8) is 0 Å². The zero-order chi connectivity index (χ0) is 31.1. The third kappa shape index (κ3) is 5.87. The summed E-state index contributed by atoms with van der Waals surface area (Å²) in [6.45, 7) is 7.31. The second-order valence-corrected chi connectivity index (χ2v) is 12.6. The Morgan fingerprint density at radius 3 is 2.30 bits per heavy atom. The van der Waals surface area contributed by atoms with E-state index in [1.807, 2.05) is 26.0 Å². The molecule has 1 N–H and O–H groups in total. The molecule has 5 rings (SSSR count). The van der Waals surface area contributed by atoms with E-state index in [2.05, 4.69) is 5.32 Å². The van der Waals surface area contributed by atoms with Gasteiger partial charge >= 0.3 is 10.1 Å². The number of hydrogen-bond donors (Lipinski definition) is 1. The zero-order valence-electron chi connectivity index (χ0n) is 24.8. The highest BCUT2D eigenvalue weighted by atomic mass is 32.2. The lowest BCUT2D eigenvalue weighted by Gasteiger charge is -2.39. The maximum absolute atomic E-state index is 14.1. The fourth-order valence-corrected chi connectivity index (χ4v) is 6.06. The van der Waals surface area contributed by atoms with E-state index in [0.29, 0.717) is 33.9 Å². The van der Waals surface area contributed by atoms with Gasteiger partial charge < -0.3 is 23.9 Å². The standard InChI is InChI=1S/C33H33FN2O6S/c1-20-7-12-24(13-8-20)43(38,39)42-23-11-14-26(30(18-23)40-6)25-15-16-28-31(36(5)32(37)33(3,4)35-28)27(25)19-41-29-17-22(34)10-9-21(29)2/h7-18,35H,19H2,1-6H3. The van der Waals surface area contributed by atoms with Gasteiger partial charge in [0.2, 0.25) is 0 Å². The topological polar surface area (TPSA) is 94.2 Å². The van der Waals surface area contributed by atoms with Crippen molar-refractivity contribution in [1.29, 1.82) is 0 Å². The van der Waals surface area contributed by atoms with E-state index in [9.17, 15) is 17.6 Å². The largest absolute Gasteiger partial charge is 0.496 e. The Kier molecular flexibility index (Phi) is 7.83. The van der Waals surface area contributed by atoms with Crippen LogP contribution in [0.1, 0.15) is 30.5 Å². The van der Waals surface area contributed by atoms with Gasteiger partial charge in [0.25, 0.3) is 5.91 Å². The molecule has 0 unspecified atom stereocenters. The summed E-state index contributed by atoms with van der Waals surface area (Å²) >= 11 is 0. The molecule has 1 amide bonds. The first kappa shape index (κ1) is 29.9. The Labute approximate surface area is 251 Å². The molecule has 0 aromatic heterocycles. The van der Waals surface area contributed by atoms with E-state index in [4.69, 9.17) is 13.7 Å². The second kappa shape index (κ2) is 11.3. The molecule has 0 spiro atoms. The van der Waals surface area contributed by atoms with Crippen LogP contribution in [0, 0.1) is 19.7 Å². The molecule has 8 nitrogen and oxygen atoms in total. The van der Waals surface area contributed by atoms with Crippen molar-refractivity contribution >= 4 is 27.4 Å². The highest BCUT2D eigenvalue weighted by Gasteiger charge is 2.39. The molecule has 0 bridgehead atoms. The lowest BCUT2D eigenvalue weighted by Crippen LogP contribution is -2.52. The Balaban J connectivity index is 1.59. The summed E-state index contributed by atoms with van der Waals surface area (Å²) in [4.78, 5) is 14.9. The number of rotatable bonds is 8. The SMILES string of the molecule is COc1cc(OS(=O)(=O)c2ccc(C)cc2)ccc1-c1ccc2c(c1COc1cc(F)ccc1C)N(C)C(=O)C(C)(C)N2. The average molecular weight is 605 g/mol. The Hall–Kier alpha value is -4.57. The van der Waals surface area contributed by atoms with Crippen molar-refractivity contribution in [3.05, 3.63) is 95.3 Å². The number of carbonyl (C=O) groups excluding carboxylic acids is 1. The molecule has 4 aromatic carbocycles. The van der Waals surface area contributed by atoms with Gasteiger partial charge in [-0.2, -0.15) is 8.42 Å². The van der Waals surface area contributed by atoms with Crippen LogP contribution in [0.5, 0.6) is 17.2 Å². The smallest absolute Gasteiger partial charge is 0.339 e. The third-order valence-electron chi connectivity index (χ3n) is 7.41. The lowest BCUT2D eigenvalue weighted by molar-refractivity contribution is -0.121. The van der Waals surface area contributed by atoms with E-state index >= 15 is 0 Å². The number of ether oxygens (including phenoxy) is 2. The quantitative estimate of drug-likeness (QED) is 0.226. The number of carbonyl (C=O) groups is 1. The van der Waals surface area contributed by atoms with Crippen molar-refractivity contribution < 1.29 is 31.3 Å². The molecule has 224 valence electrons. The first-order valence-electron chi connectivity index (χ1n) is 13.6. The molecule has 1 aliphatic heterocycles. The van der Waals surface area contributed by atoms with Crippen molar-refractivity contribution in [1.82, 2.24) is 0 Å². The molecule has 43 heavy (non-hydrogen) atoms. The van der Waals surface area contributed by atoms with Gasteiger partial charge in [-0.3, -0.25) is 4.79 Å². The number of halogens is 1. The van der Waals surface area contributed by atoms with Crippen LogP contribution in [0.3, 0.4) is 0 Å². The van der Waals surface area contributed by atoms with Gasteiger partial charge in [0.1, 0.15) is 40.1 Å².